The van der Waals surface area contributed by atoms with Gasteiger partial charge in [-0.25, -0.2) is 14.2 Å². The molecule has 18 heavy (non-hydrogen) atoms. The number of aryl methyl sites for hydroxylation is 1. The van der Waals surface area contributed by atoms with Crippen LogP contribution in [0.5, 0.6) is 0 Å². The van der Waals surface area contributed by atoms with Crippen LogP contribution < -0.4 is 0 Å². The number of halogens is 2. The van der Waals surface area contributed by atoms with Crippen molar-refractivity contribution in [3.05, 3.63) is 39.1 Å². The van der Waals surface area contributed by atoms with Crippen LogP contribution in [-0.4, -0.2) is 18.1 Å². The zero-order chi connectivity index (χ0) is 13.3. The number of esters is 1. The van der Waals surface area contributed by atoms with Crippen LogP contribution in [0.15, 0.2) is 22.7 Å². The molecule has 0 saturated heterocycles. The molecule has 0 fully saturated rings. The van der Waals surface area contributed by atoms with Crippen LogP contribution in [0.4, 0.5) is 4.39 Å². The topological polar surface area (TPSA) is 39.2 Å². The lowest BCUT2D eigenvalue weighted by atomic mass is 10.2. The minimum Gasteiger partial charge on any atom is -0.464 e. The number of ether oxygens (including phenoxy) is 1. The first-order valence-corrected chi connectivity index (χ1v) is 6.65. The highest BCUT2D eigenvalue weighted by molar-refractivity contribution is 9.10. The molecule has 0 radical (unpaired) electrons. The Morgan fingerprint density at radius 3 is 2.83 bits per heavy atom. The van der Waals surface area contributed by atoms with Crippen molar-refractivity contribution >= 4 is 33.2 Å². The fourth-order valence-electron chi connectivity index (χ4n) is 1.44. The van der Waals surface area contributed by atoms with Crippen LogP contribution in [0.2, 0.25) is 0 Å². The van der Waals surface area contributed by atoms with Crippen molar-refractivity contribution in [2.24, 2.45) is 0 Å². The fraction of sp³-hybridized carbons (Fsp3) is 0.167. The Kier molecular flexibility index (Phi) is 3.77. The number of hydrogen-bond acceptors (Lipinski definition) is 4. The van der Waals surface area contributed by atoms with E-state index >= 15 is 0 Å². The van der Waals surface area contributed by atoms with Gasteiger partial charge >= 0.3 is 5.97 Å². The summed E-state index contributed by atoms with van der Waals surface area (Å²) in [6.07, 6.45) is 0. The van der Waals surface area contributed by atoms with E-state index in [9.17, 15) is 9.18 Å². The number of aromatic nitrogens is 1. The Balaban J connectivity index is 2.45. The van der Waals surface area contributed by atoms with E-state index in [0.717, 1.165) is 10.4 Å². The van der Waals surface area contributed by atoms with Crippen LogP contribution in [0.1, 0.15) is 15.4 Å². The van der Waals surface area contributed by atoms with Gasteiger partial charge < -0.3 is 4.74 Å². The normalized spacial score (nSPS) is 10.4. The average Bonchev–Trinajstić information content (AvgIpc) is 2.74. The number of methoxy groups -OCH3 is 1. The minimum absolute atomic E-state index is 0.304. The molecular formula is C12H9BrFNO2S. The molecule has 0 aliphatic rings. The zero-order valence-corrected chi connectivity index (χ0v) is 12.1. The van der Waals surface area contributed by atoms with E-state index in [0.29, 0.717) is 15.2 Å². The molecule has 94 valence electrons. The van der Waals surface area contributed by atoms with Gasteiger partial charge in [0.25, 0.3) is 0 Å². The van der Waals surface area contributed by atoms with E-state index in [2.05, 4.69) is 25.7 Å². The standard InChI is InChI=1S/C12H9BrFNO2S/c1-6-10(12(16)17-2)15-11(18-6)7-3-4-9(14)8(13)5-7/h3-5H,1-2H3. The number of hydrogen-bond donors (Lipinski definition) is 0. The first-order valence-electron chi connectivity index (χ1n) is 5.04. The largest absolute Gasteiger partial charge is 0.464 e. The number of rotatable bonds is 2. The number of carbonyl (C=O) groups is 1. The molecule has 0 atom stereocenters. The molecular weight excluding hydrogens is 321 g/mol. The highest BCUT2D eigenvalue weighted by Gasteiger charge is 2.17. The maximum Gasteiger partial charge on any atom is 0.357 e. The number of carbonyl (C=O) groups excluding carboxylic acids is 1. The number of thiazole rings is 1. The monoisotopic (exact) mass is 329 g/mol. The maximum absolute atomic E-state index is 13.1. The molecule has 2 rings (SSSR count). The fourth-order valence-corrected chi connectivity index (χ4v) is 2.71. The van der Waals surface area contributed by atoms with E-state index in [1.54, 1.807) is 19.1 Å². The van der Waals surface area contributed by atoms with E-state index in [-0.39, 0.29) is 5.82 Å². The lowest BCUT2D eigenvalue weighted by Crippen LogP contribution is -2.03. The second-order valence-electron chi connectivity index (χ2n) is 3.54. The minimum atomic E-state index is -0.462. The molecule has 3 nitrogen and oxygen atoms in total. The van der Waals surface area contributed by atoms with Crippen molar-refractivity contribution in [2.45, 2.75) is 6.92 Å². The second kappa shape index (κ2) is 5.16. The molecule has 0 bridgehead atoms. The van der Waals surface area contributed by atoms with Crippen molar-refractivity contribution in [1.82, 2.24) is 4.98 Å². The lowest BCUT2D eigenvalue weighted by molar-refractivity contribution is 0.0594. The van der Waals surface area contributed by atoms with Crippen LogP contribution >= 0.6 is 27.3 Å². The summed E-state index contributed by atoms with van der Waals surface area (Å²) in [6, 6.07) is 4.61. The van der Waals surface area contributed by atoms with Gasteiger partial charge in [-0.1, -0.05) is 0 Å². The smallest absolute Gasteiger partial charge is 0.357 e. The van der Waals surface area contributed by atoms with E-state index in [1.165, 1.54) is 24.5 Å². The summed E-state index contributed by atoms with van der Waals surface area (Å²) < 4.78 is 18.2. The highest BCUT2D eigenvalue weighted by Crippen LogP contribution is 2.30. The van der Waals surface area contributed by atoms with Gasteiger partial charge in [0.15, 0.2) is 5.69 Å². The number of benzene rings is 1. The van der Waals surface area contributed by atoms with Gasteiger partial charge in [0.05, 0.1) is 11.6 Å². The summed E-state index contributed by atoms with van der Waals surface area (Å²) in [6.45, 7) is 1.80. The average molecular weight is 330 g/mol. The molecule has 1 heterocycles. The first-order chi connectivity index (χ1) is 8.52. The Bertz CT molecular complexity index is 612. The zero-order valence-electron chi connectivity index (χ0n) is 9.66. The predicted molar refractivity (Wildman–Crippen MR) is 71.3 cm³/mol. The lowest BCUT2D eigenvalue weighted by Gasteiger charge is -1.98. The van der Waals surface area contributed by atoms with Gasteiger partial charge in [0, 0.05) is 10.4 Å². The Labute approximate surface area is 116 Å². The van der Waals surface area contributed by atoms with Crippen molar-refractivity contribution in [3.8, 4) is 10.6 Å². The third-order valence-corrected chi connectivity index (χ3v) is 3.97. The van der Waals surface area contributed by atoms with Crippen molar-refractivity contribution < 1.29 is 13.9 Å². The van der Waals surface area contributed by atoms with Crippen molar-refractivity contribution in [1.29, 1.82) is 0 Å². The van der Waals surface area contributed by atoms with E-state index < -0.39 is 5.97 Å². The van der Waals surface area contributed by atoms with Gasteiger partial charge in [-0.2, -0.15) is 0 Å². The molecule has 0 N–H and O–H groups in total. The molecule has 2 aromatic rings. The van der Waals surface area contributed by atoms with Crippen molar-refractivity contribution in [3.63, 3.8) is 0 Å². The molecule has 1 aromatic heterocycles. The van der Waals surface area contributed by atoms with Crippen LogP contribution in [0, 0.1) is 12.7 Å². The molecule has 0 aliphatic heterocycles. The summed E-state index contributed by atoms with van der Waals surface area (Å²) in [7, 11) is 1.31. The summed E-state index contributed by atoms with van der Waals surface area (Å²) in [5.41, 5.74) is 1.06. The molecule has 0 saturated carbocycles. The SMILES string of the molecule is COC(=O)c1nc(-c2ccc(F)c(Br)c2)sc1C. The third kappa shape index (κ3) is 2.44. The van der Waals surface area contributed by atoms with E-state index in [4.69, 9.17) is 0 Å². The number of nitrogens with zero attached hydrogens (tertiary/aromatic N) is 1. The molecule has 0 aliphatic carbocycles. The summed E-state index contributed by atoms with van der Waals surface area (Å²) in [5.74, 6) is -0.795. The van der Waals surface area contributed by atoms with Crippen LogP contribution in [0.3, 0.4) is 0 Å². The maximum atomic E-state index is 13.1. The van der Waals surface area contributed by atoms with E-state index in [1.807, 2.05) is 0 Å². The summed E-state index contributed by atoms with van der Waals surface area (Å²) >= 11 is 4.49. The quantitative estimate of drug-likeness (QED) is 0.786. The summed E-state index contributed by atoms with van der Waals surface area (Å²) in [5, 5.41) is 0.661. The van der Waals surface area contributed by atoms with Gasteiger partial charge in [0.2, 0.25) is 0 Å². The highest BCUT2D eigenvalue weighted by atomic mass is 79.9. The predicted octanol–water partition coefficient (Wildman–Crippen LogP) is 3.81. The Hall–Kier alpha value is -1.27. The third-order valence-electron chi connectivity index (χ3n) is 2.34. The Morgan fingerprint density at radius 2 is 2.22 bits per heavy atom. The molecule has 0 amide bonds. The molecule has 1 aromatic carbocycles. The first kappa shape index (κ1) is 13.2. The van der Waals surface area contributed by atoms with Gasteiger partial charge in [-0.15, -0.1) is 11.3 Å². The Morgan fingerprint density at radius 1 is 1.50 bits per heavy atom. The second-order valence-corrected chi connectivity index (χ2v) is 5.60. The van der Waals surface area contributed by atoms with Crippen LogP contribution in [0.25, 0.3) is 10.6 Å². The van der Waals surface area contributed by atoms with Crippen LogP contribution in [-0.2, 0) is 4.74 Å². The van der Waals surface area contributed by atoms with Gasteiger partial charge in [-0.05, 0) is 41.1 Å². The summed E-state index contributed by atoms with van der Waals surface area (Å²) in [4.78, 5) is 16.5. The molecule has 0 unspecified atom stereocenters. The van der Waals surface area contributed by atoms with Gasteiger partial charge in [0.1, 0.15) is 10.8 Å². The van der Waals surface area contributed by atoms with Gasteiger partial charge in [-0.3, -0.25) is 0 Å². The molecule has 0 spiro atoms. The molecule has 6 heteroatoms. The van der Waals surface area contributed by atoms with Crippen molar-refractivity contribution in [2.75, 3.05) is 7.11 Å².